The Kier molecular flexibility index (Phi) is 14.4. The van der Waals surface area contributed by atoms with Crippen LogP contribution in [0.3, 0.4) is 0 Å². The number of rotatable bonds is 14. The first kappa shape index (κ1) is 28.7. The topological polar surface area (TPSA) is 172 Å². The lowest BCUT2D eigenvalue weighted by atomic mass is 10.2. The zero-order valence-electron chi connectivity index (χ0n) is 18.0. The molecule has 5 amide bonds. The van der Waals surface area contributed by atoms with Gasteiger partial charge in [0.15, 0.2) is 0 Å². The van der Waals surface area contributed by atoms with Crippen LogP contribution in [-0.4, -0.2) is 77.8 Å². The molecule has 0 aliphatic carbocycles. The number of hydrogen-bond donors (Lipinski definition) is 5. The summed E-state index contributed by atoms with van der Waals surface area (Å²) in [7, 11) is 0. The minimum absolute atomic E-state index is 0.131. The molecule has 0 aromatic rings. The van der Waals surface area contributed by atoms with Crippen molar-refractivity contribution in [3.05, 3.63) is 0 Å². The van der Waals surface area contributed by atoms with Crippen molar-refractivity contribution in [2.24, 2.45) is 0 Å². The first-order valence-corrected chi connectivity index (χ1v) is 10.8. The normalized spacial score (nSPS) is 13.2. The van der Waals surface area contributed by atoms with Crippen LogP contribution in [0.15, 0.2) is 0 Å². The maximum absolute atomic E-state index is 12.2. The molecule has 0 fully saturated rings. The SMILES string of the molecule is CCC(=O)NCCNC(=O)C(C)NC(=O)C(C)NC(=O)C(C)NC(=O)COCC(=O)I. The van der Waals surface area contributed by atoms with Crippen LogP contribution < -0.4 is 26.6 Å². The highest BCUT2D eigenvalue weighted by molar-refractivity contribution is 14.1. The van der Waals surface area contributed by atoms with Crippen molar-refractivity contribution in [2.75, 3.05) is 26.3 Å². The molecule has 0 aliphatic heterocycles. The van der Waals surface area contributed by atoms with Gasteiger partial charge in [-0.1, -0.05) is 6.92 Å². The fourth-order valence-corrected chi connectivity index (χ4v) is 2.27. The van der Waals surface area contributed by atoms with Crippen LogP contribution in [0.1, 0.15) is 34.1 Å². The van der Waals surface area contributed by atoms with Gasteiger partial charge < -0.3 is 31.3 Å². The molecule has 0 aromatic carbocycles. The van der Waals surface area contributed by atoms with Gasteiger partial charge in [-0.15, -0.1) is 0 Å². The van der Waals surface area contributed by atoms with Gasteiger partial charge in [0.1, 0.15) is 31.3 Å². The second-order valence-corrected chi connectivity index (χ2v) is 7.80. The van der Waals surface area contributed by atoms with Gasteiger partial charge in [-0.05, 0) is 20.8 Å². The molecule has 5 N–H and O–H groups in total. The molecule has 0 rings (SSSR count). The van der Waals surface area contributed by atoms with E-state index < -0.39 is 41.8 Å². The second-order valence-electron chi connectivity index (χ2n) is 6.59. The summed E-state index contributed by atoms with van der Waals surface area (Å²) in [6.45, 7) is 5.94. The average molecular weight is 555 g/mol. The summed E-state index contributed by atoms with van der Waals surface area (Å²) < 4.78 is 4.59. The largest absolute Gasteiger partial charge is 0.363 e. The fraction of sp³-hybridized carbons (Fsp3) is 0.667. The summed E-state index contributed by atoms with van der Waals surface area (Å²) >= 11 is 1.53. The number of carbonyl (C=O) groups excluding carboxylic acids is 6. The highest BCUT2D eigenvalue weighted by atomic mass is 127. The second kappa shape index (κ2) is 15.5. The van der Waals surface area contributed by atoms with Crippen molar-refractivity contribution in [1.29, 1.82) is 0 Å². The zero-order valence-corrected chi connectivity index (χ0v) is 20.2. The lowest BCUT2D eigenvalue weighted by Crippen LogP contribution is -2.55. The molecule has 12 nitrogen and oxygen atoms in total. The van der Waals surface area contributed by atoms with Gasteiger partial charge in [-0.3, -0.25) is 28.8 Å². The highest BCUT2D eigenvalue weighted by Gasteiger charge is 2.23. The Morgan fingerprint density at radius 1 is 0.710 bits per heavy atom. The Morgan fingerprint density at radius 3 is 1.71 bits per heavy atom. The first-order chi connectivity index (χ1) is 14.5. The number of carbonyl (C=O) groups is 6. The van der Waals surface area contributed by atoms with E-state index in [9.17, 15) is 28.8 Å². The van der Waals surface area contributed by atoms with Crippen LogP contribution in [0.25, 0.3) is 0 Å². The minimum Gasteiger partial charge on any atom is -0.363 e. The quantitative estimate of drug-likeness (QED) is 0.0949. The summed E-state index contributed by atoms with van der Waals surface area (Å²) in [5.41, 5.74) is 0. The third-order valence-electron chi connectivity index (χ3n) is 3.79. The number of halogens is 1. The highest BCUT2D eigenvalue weighted by Crippen LogP contribution is 1.92. The van der Waals surface area contributed by atoms with Gasteiger partial charge in [0.25, 0.3) is 0 Å². The molecule has 3 unspecified atom stereocenters. The monoisotopic (exact) mass is 555 g/mol. The van der Waals surface area contributed by atoms with Crippen LogP contribution in [0, 0.1) is 0 Å². The molecule has 0 spiro atoms. The summed E-state index contributed by atoms with van der Waals surface area (Å²) in [5.74, 6) is -2.35. The van der Waals surface area contributed by atoms with Crippen molar-refractivity contribution >= 4 is 55.9 Å². The summed E-state index contributed by atoms with van der Waals surface area (Å²) in [5, 5.41) is 12.5. The van der Waals surface area contributed by atoms with E-state index >= 15 is 0 Å². The smallest absolute Gasteiger partial charge is 0.246 e. The number of nitrogens with one attached hydrogen (secondary N) is 5. The van der Waals surface area contributed by atoms with Crippen LogP contribution in [0.5, 0.6) is 0 Å². The van der Waals surface area contributed by atoms with Gasteiger partial charge in [0.05, 0.1) is 0 Å². The Labute approximate surface area is 194 Å². The van der Waals surface area contributed by atoms with Gasteiger partial charge >= 0.3 is 0 Å². The molecule has 176 valence electrons. The van der Waals surface area contributed by atoms with E-state index in [1.165, 1.54) is 43.4 Å². The van der Waals surface area contributed by atoms with E-state index in [1.54, 1.807) is 6.92 Å². The van der Waals surface area contributed by atoms with Crippen molar-refractivity contribution in [3.63, 3.8) is 0 Å². The Morgan fingerprint density at radius 2 is 1.19 bits per heavy atom. The lowest BCUT2D eigenvalue weighted by molar-refractivity contribution is -0.134. The molecular formula is C18H30IN5O7. The predicted molar refractivity (Wildman–Crippen MR) is 119 cm³/mol. The van der Waals surface area contributed by atoms with Gasteiger partial charge in [-0.2, -0.15) is 0 Å². The summed E-state index contributed by atoms with van der Waals surface area (Å²) in [4.78, 5) is 69.9. The van der Waals surface area contributed by atoms with E-state index in [0.717, 1.165) is 0 Å². The molecular weight excluding hydrogens is 525 g/mol. The van der Waals surface area contributed by atoms with Crippen molar-refractivity contribution in [2.45, 2.75) is 52.2 Å². The summed E-state index contributed by atoms with van der Waals surface area (Å²) in [6, 6.07) is -2.76. The third kappa shape index (κ3) is 13.6. The van der Waals surface area contributed by atoms with Crippen molar-refractivity contribution in [1.82, 2.24) is 26.6 Å². The molecule has 0 heterocycles. The number of amides is 5. The van der Waals surface area contributed by atoms with Crippen molar-refractivity contribution < 1.29 is 33.5 Å². The zero-order chi connectivity index (χ0) is 24.0. The molecule has 0 bridgehead atoms. The van der Waals surface area contributed by atoms with E-state index in [2.05, 4.69) is 26.6 Å². The van der Waals surface area contributed by atoms with Crippen LogP contribution in [0.2, 0.25) is 0 Å². The standard InChI is InChI=1S/C18H30IN5O7/c1-5-14(26)20-6-7-21-16(28)10(2)23-18(30)12(4)24-17(29)11(3)22-15(27)9-31-8-13(19)25/h10-12H,5-9H2,1-4H3,(H,20,26)(H,21,28)(H,22,27)(H,23,30)(H,24,29). The lowest BCUT2D eigenvalue weighted by Gasteiger charge is -2.20. The van der Waals surface area contributed by atoms with E-state index in [1.807, 2.05) is 0 Å². The van der Waals surface area contributed by atoms with Gasteiger partial charge in [-0.25, -0.2) is 0 Å². The Balaban J connectivity index is 4.31. The first-order valence-electron chi connectivity index (χ1n) is 9.68. The molecule has 31 heavy (non-hydrogen) atoms. The molecule has 0 saturated carbocycles. The van der Waals surface area contributed by atoms with Crippen LogP contribution in [0.4, 0.5) is 0 Å². The number of ether oxygens (including phenoxy) is 1. The molecule has 0 radical (unpaired) electrons. The molecule has 0 aliphatic rings. The Hall–Kier alpha value is -2.29. The maximum atomic E-state index is 12.2. The predicted octanol–water partition coefficient (Wildman–Crippen LogP) is -1.88. The average Bonchev–Trinajstić information content (AvgIpc) is 2.69. The molecule has 3 atom stereocenters. The molecule has 13 heteroatoms. The van der Waals surface area contributed by atoms with Gasteiger partial charge in [0, 0.05) is 42.1 Å². The number of hydrogen-bond acceptors (Lipinski definition) is 7. The van der Waals surface area contributed by atoms with E-state index in [-0.39, 0.29) is 36.0 Å². The minimum atomic E-state index is -0.959. The fourth-order valence-electron chi connectivity index (χ4n) is 2.05. The van der Waals surface area contributed by atoms with Crippen molar-refractivity contribution in [3.8, 4) is 0 Å². The van der Waals surface area contributed by atoms with E-state index in [4.69, 9.17) is 4.74 Å². The molecule has 0 aromatic heterocycles. The third-order valence-corrected chi connectivity index (χ3v) is 4.10. The van der Waals surface area contributed by atoms with Crippen LogP contribution >= 0.6 is 22.6 Å². The van der Waals surface area contributed by atoms with E-state index in [0.29, 0.717) is 6.42 Å². The van der Waals surface area contributed by atoms with Crippen LogP contribution in [-0.2, 0) is 33.5 Å². The molecule has 0 saturated heterocycles. The maximum Gasteiger partial charge on any atom is 0.246 e. The Bertz CT molecular complexity index is 674. The van der Waals surface area contributed by atoms with Gasteiger partial charge in [0.2, 0.25) is 33.3 Å². The summed E-state index contributed by atoms with van der Waals surface area (Å²) in [6.07, 6.45) is 0.347.